The van der Waals surface area contributed by atoms with Crippen molar-refractivity contribution in [2.24, 2.45) is 0 Å². The van der Waals surface area contributed by atoms with Gasteiger partial charge in [0.25, 0.3) is 11.6 Å². The minimum Gasteiger partial charge on any atom is -0.302 e. The molecule has 1 aromatic heterocycles. The molecule has 0 bridgehead atoms. The van der Waals surface area contributed by atoms with Crippen molar-refractivity contribution in [1.29, 1.82) is 0 Å². The van der Waals surface area contributed by atoms with Crippen LogP contribution in [0.1, 0.15) is 31.1 Å². The average molecular weight is 495 g/mol. The van der Waals surface area contributed by atoms with Gasteiger partial charge >= 0.3 is 0 Å². The van der Waals surface area contributed by atoms with Crippen LogP contribution in [0.4, 0.5) is 10.8 Å². The molecule has 172 valence electrons. The van der Waals surface area contributed by atoms with Crippen molar-refractivity contribution in [3.63, 3.8) is 0 Å². The molecule has 32 heavy (non-hydrogen) atoms. The van der Waals surface area contributed by atoms with E-state index in [0.29, 0.717) is 27.5 Å². The summed E-state index contributed by atoms with van der Waals surface area (Å²) >= 11 is 3.04. The fourth-order valence-corrected chi connectivity index (χ4v) is 4.90. The minimum absolute atomic E-state index is 0. The second-order valence-electron chi connectivity index (χ2n) is 6.85. The number of thioether (sulfide) groups is 1. The topological polar surface area (TPSA) is 79.6 Å². The molecule has 1 amide bonds. The number of thiazole rings is 1. The van der Waals surface area contributed by atoms with Crippen molar-refractivity contribution in [3.8, 4) is 0 Å². The Balaban J connectivity index is 0.00000363. The molecule has 2 aromatic carbocycles. The fourth-order valence-electron chi connectivity index (χ4n) is 3.21. The second kappa shape index (κ2) is 12.2. The number of rotatable bonds is 10. The zero-order chi connectivity index (χ0) is 22.4. The lowest BCUT2D eigenvalue weighted by Crippen LogP contribution is -2.38. The second-order valence-corrected chi connectivity index (χ2v) is 9.19. The van der Waals surface area contributed by atoms with Gasteiger partial charge in [0.15, 0.2) is 5.13 Å². The van der Waals surface area contributed by atoms with Gasteiger partial charge in [-0.25, -0.2) is 4.98 Å². The molecule has 0 saturated heterocycles. The number of amides is 1. The summed E-state index contributed by atoms with van der Waals surface area (Å²) in [4.78, 5) is 33.8. The molecule has 0 N–H and O–H groups in total. The lowest BCUT2D eigenvalue weighted by atomic mass is 10.2. The average Bonchev–Trinajstić information content (AvgIpc) is 3.20. The zero-order valence-electron chi connectivity index (χ0n) is 18.3. The summed E-state index contributed by atoms with van der Waals surface area (Å²) in [5, 5.41) is 11.7. The number of nitro groups is 1. The van der Waals surface area contributed by atoms with Gasteiger partial charge in [0, 0.05) is 35.7 Å². The summed E-state index contributed by atoms with van der Waals surface area (Å²) in [6, 6.07) is 12.2. The molecule has 0 aliphatic heterocycles. The molecular formula is C22H27ClN4O3S2. The van der Waals surface area contributed by atoms with Gasteiger partial charge in [-0.3, -0.25) is 19.8 Å². The summed E-state index contributed by atoms with van der Waals surface area (Å²) < 4.78 is 0.694. The lowest BCUT2D eigenvalue weighted by molar-refractivity contribution is -0.384. The van der Waals surface area contributed by atoms with Crippen molar-refractivity contribution in [2.75, 3.05) is 36.8 Å². The Labute approximate surface area is 202 Å². The van der Waals surface area contributed by atoms with E-state index in [2.05, 4.69) is 30.7 Å². The molecule has 0 spiro atoms. The number of halogens is 1. The van der Waals surface area contributed by atoms with Crippen molar-refractivity contribution in [1.82, 2.24) is 9.88 Å². The van der Waals surface area contributed by atoms with Gasteiger partial charge in [0.05, 0.1) is 15.1 Å². The molecule has 1 heterocycles. The fraction of sp³-hybridized carbons (Fsp3) is 0.364. The molecule has 0 fully saturated rings. The van der Waals surface area contributed by atoms with Crippen molar-refractivity contribution < 1.29 is 9.72 Å². The number of hydrogen-bond donors (Lipinski definition) is 0. The Morgan fingerprint density at radius 3 is 2.38 bits per heavy atom. The highest BCUT2D eigenvalue weighted by atomic mass is 35.5. The van der Waals surface area contributed by atoms with Gasteiger partial charge in [0.1, 0.15) is 0 Å². The third-order valence-electron chi connectivity index (χ3n) is 4.99. The van der Waals surface area contributed by atoms with Crippen LogP contribution in [0.5, 0.6) is 0 Å². The number of nitro benzene ring substituents is 1. The van der Waals surface area contributed by atoms with Gasteiger partial charge in [0.2, 0.25) is 0 Å². The maximum Gasteiger partial charge on any atom is 0.270 e. The van der Waals surface area contributed by atoms with Crippen molar-refractivity contribution >= 4 is 62.4 Å². The normalized spacial score (nSPS) is 10.9. The summed E-state index contributed by atoms with van der Waals surface area (Å²) in [5.41, 5.74) is 1.28. The van der Waals surface area contributed by atoms with E-state index in [0.717, 1.165) is 30.3 Å². The van der Waals surface area contributed by atoms with Crippen LogP contribution < -0.4 is 4.90 Å². The van der Waals surface area contributed by atoms with Crippen LogP contribution in [-0.2, 0) is 0 Å². The standard InChI is InChI=1S/C22H26N4O3S2.ClH/c1-4-24(5-2)13-14-25(21(27)16-7-10-18(11-8-16)30-6-3)22-23-19-12-9-17(26(28)29)15-20(19)31-22;/h7-12,15H,4-6,13-14H2,1-3H3;1H. The lowest BCUT2D eigenvalue weighted by Gasteiger charge is -2.24. The Hall–Kier alpha value is -2.20. The molecular weight excluding hydrogens is 468 g/mol. The van der Waals surface area contributed by atoms with E-state index in [4.69, 9.17) is 0 Å². The largest absolute Gasteiger partial charge is 0.302 e. The minimum atomic E-state index is -0.419. The molecule has 0 aliphatic carbocycles. The first kappa shape index (κ1) is 26.1. The van der Waals surface area contributed by atoms with E-state index in [1.54, 1.807) is 22.7 Å². The Bertz CT molecular complexity index is 1060. The first-order valence-corrected chi connectivity index (χ1v) is 12.1. The number of anilines is 1. The Morgan fingerprint density at radius 2 is 1.78 bits per heavy atom. The van der Waals surface area contributed by atoms with Crippen LogP contribution in [0.25, 0.3) is 10.2 Å². The third kappa shape index (κ3) is 6.19. The van der Waals surface area contributed by atoms with E-state index in [1.165, 1.54) is 23.5 Å². The van der Waals surface area contributed by atoms with Gasteiger partial charge in [-0.1, -0.05) is 32.1 Å². The van der Waals surface area contributed by atoms with Crippen LogP contribution in [0, 0.1) is 10.1 Å². The first-order valence-electron chi connectivity index (χ1n) is 10.3. The van der Waals surface area contributed by atoms with Gasteiger partial charge in [-0.2, -0.15) is 0 Å². The van der Waals surface area contributed by atoms with Crippen LogP contribution in [0.2, 0.25) is 0 Å². The molecule has 0 atom stereocenters. The molecule has 10 heteroatoms. The van der Waals surface area contributed by atoms with E-state index < -0.39 is 4.92 Å². The summed E-state index contributed by atoms with van der Waals surface area (Å²) in [7, 11) is 0. The van der Waals surface area contributed by atoms with Crippen LogP contribution >= 0.6 is 35.5 Å². The zero-order valence-corrected chi connectivity index (χ0v) is 20.8. The predicted octanol–water partition coefficient (Wildman–Crippen LogP) is 5.73. The molecule has 3 rings (SSSR count). The Morgan fingerprint density at radius 1 is 1.09 bits per heavy atom. The monoisotopic (exact) mass is 494 g/mol. The summed E-state index contributed by atoms with van der Waals surface area (Å²) in [6.45, 7) is 9.29. The quantitative estimate of drug-likeness (QED) is 0.203. The number of aromatic nitrogens is 1. The van der Waals surface area contributed by atoms with Gasteiger partial charge in [-0.05, 0) is 49.2 Å². The molecule has 3 aromatic rings. The number of hydrogen-bond acceptors (Lipinski definition) is 7. The first-order chi connectivity index (χ1) is 15.0. The molecule has 7 nitrogen and oxygen atoms in total. The highest BCUT2D eigenvalue weighted by Crippen LogP contribution is 2.32. The SMILES string of the molecule is CCSc1ccc(C(=O)N(CCN(CC)CC)c2nc3ccc([N+](=O)[O-])cc3s2)cc1.Cl. The highest BCUT2D eigenvalue weighted by Gasteiger charge is 2.22. The third-order valence-corrected chi connectivity index (χ3v) is 6.93. The van der Waals surface area contributed by atoms with E-state index in [9.17, 15) is 14.9 Å². The van der Waals surface area contributed by atoms with Crippen LogP contribution in [0.3, 0.4) is 0 Å². The van der Waals surface area contributed by atoms with Crippen LogP contribution in [-0.4, -0.2) is 52.6 Å². The molecule has 0 saturated carbocycles. The molecule has 0 radical (unpaired) electrons. The summed E-state index contributed by atoms with van der Waals surface area (Å²) in [5.74, 6) is 0.856. The molecule has 0 aliphatic rings. The number of benzene rings is 2. The Kier molecular flexibility index (Phi) is 9.89. The van der Waals surface area contributed by atoms with Crippen molar-refractivity contribution in [2.45, 2.75) is 25.7 Å². The number of likely N-dealkylation sites (N-methyl/N-ethyl adjacent to an activating group) is 1. The number of non-ortho nitro benzene ring substituents is 1. The van der Waals surface area contributed by atoms with E-state index in [-0.39, 0.29) is 24.0 Å². The van der Waals surface area contributed by atoms with E-state index in [1.807, 2.05) is 24.3 Å². The maximum absolute atomic E-state index is 13.4. The van der Waals surface area contributed by atoms with Crippen LogP contribution in [0.15, 0.2) is 47.4 Å². The smallest absolute Gasteiger partial charge is 0.270 e. The predicted molar refractivity (Wildman–Crippen MR) is 136 cm³/mol. The number of fused-ring (bicyclic) bond motifs is 1. The maximum atomic E-state index is 13.4. The van der Waals surface area contributed by atoms with Gasteiger partial charge in [-0.15, -0.1) is 24.2 Å². The number of carbonyl (C=O) groups is 1. The number of nitrogens with zero attached hydrogens (tertiary/aromatic N) is 4. The van der Waals surface area contributed by atoms with Gasteiger partial charge < -0.3 is 4.90 Å². The molecule has 0 unspecified atom stereocenters. The number of carbonyl (C=O) groups excluding carboxylic acids is 1. The highest BCUT2D eigenvalue weighted by molar-refractivity contribution is 7.99. The van der Waals surface area contributed by atoms with Crippen molar-refractivity contribution in [3.05, 3.63) is 58.1 Å². The summed E-state index contributed by atoms with van der Waals surface area (Å²) in [6.07, 6.45) is 0. The van der Waals surface area contributed by atoms with E-state index >= 15 is 0 Å².